The zero-order valence-corrected chi connectivity index (χ0v) is 17.5. The van der Waals surface area contributed by atoms with E-state index in [0.717, 1.165) is 44.6 Å². The van der Waals surface area contributed by atoms with Crippen LogP contribution in [-0.4, -0.2) is 41.5 Å². The van der Waals surface area contributed by atoms with Crippen LogP contribution in [0.25, 0.3) is 10.6 Å². The highest BCUT2D eigenvalue weighted by atomic mass is 32.1. The molecule has 0 saturated carbocycles. The van der Waals surface area contributed by atoms with Gasteiger partial charge < -0.3 is 10.2 Å². The molecule has 0 radical (unpaired) electrons. The Hall–Kier alpha value is -1.93. The normalized spacial score (nSPS) is 16.2. The Morgan fingerprint density at radius 3 is 2.48 bits per heavy atom. The van der Waals surface area contributed by atoms with E-state index in [1.54, 1.807) is 6.92 Å². The number of unbranched alkanes of at least 4 members (excludes halogenated alkanes) is 1. The van der Waals surface area contributed by atoms with Gasteiger partial charge in [0, 0.05) is 24.7 Å². The van der Waals surface area contributed by atoms with Gasteiger partial charge in [-0.15, -0.1) is 11.3 Å². The summed E-state index contributed by atoms with van der Waals surface area (Å²) in [4.78, 5) is 20.1. The highest BCUT2D eigenvalue weighted by Gasteiger charge is 2.30. The van der Waals surface area contributed by atoms with Crippen molar-refractivity contribution in [1.82, 2.24) is 15.2 Å². The Kier molecular flexibility index (Phi) is 6.95. The third-order valence-electron chi connectivity index (χ3n) is 5.21. The summed E-state index contributed by atoms with van der Waals surface area (Å²) < 4.78 is 38.2. The molecule has 3 rings (SSSR count). The maximum atomic E-state index is 12.7. The predicted octanol–water partition coefficient (Wildman–Crippen LogP) is 5.13. The summed E-state index contributed by atoms with van der Waals surface area (Å²) in [5.74, 6) is -0.148. The lowest BCUT2D eigenvalue weighted by atomic mass is 10.0. The quantitative estimate of drug-likeness (QED) is 0.698. The summed E-state index contributed by atoms with van der Waals surface area (Å²) in [6.07, 6.45) is -0.126. The second-order valence-corrected chi connectivity index (χ2v) is 8.45. The van der Waals surface area contributed by atoms with Crippen LogP contribution in [0.1, 0.15) is 53.5 Å². The third-order valence-corrected chi connectivity index (χ3v) is 6.42. The fourth-order valence-electron chi connectivity index (χ4n) is 3.47. The van der Waals surface area contributed by atoms with Crippen LogP contribution in [0.5, 0.6) is 0 Å². The molecule has 0 bridgehead atoms. The summed E-state index contributed by atoms with van der Waals surface area (Å²) in [6, 6.07) is 5.02. The molecule has 0 atom stereocenters. The Balaban J connectivity index is 1.62. The average molecular weight is 426 g/mol. The molecule has 2 heterocycles. The zero-order valence-electron chi connectivity index (χ0n) is 16.7. The maximum absolute atomic E-state index is 12.7. The van der Waals surface area contributed by atoms with Crippen LogP contribution < -0.4 is 5.32 Å². The molecule has 1 aliphatic heterocycles. The molecule has 1 aromatic carbocycles. The highest BCUT2D eigenvalue weighted by molar-refractivity contribution is 7.17. The number of carbonyl (C=O) groups is 1. The van der Waals surface area contributed by atoms with E-state index in [0.29, 0.717) is 21.1 Å². The molecular formula is C21H26F3N3OS. The van der Waals surface area contributed by atoms with Gasteiger partial charge in [0.1, 0.15) is 9.88 Å². The Bertz CT molecular complexity index is 825. The number of piperidine rings is 1. The average Bonchev–Trinajstić information content (AvgIpc) is 3.09. The Labute approximate surface area is 173 Å². The number of halogens is 3. The van der Waals surface area contributed by atoms with Gasteiger partial charge in [-0.2, -0.15) is 13.2 Å². The van der Waals surface area contributed by atoms with E-state index in [1.807, 2.05) is 0 Å². The summed E-state index contributed by atoms with van der Waals surface area (Å²) in [5, 5.41) is 3.65. The highest BCUT2D eigenvalue weighted by Crippen LogP contribution is 2.33. The van der Waals surface area contributed by atoms with Crippen molar-refractivity contribution in [2.24, 2.45) is 0 Å². The van der Waals surface area contributed by atoms with Crippen molar-refractivity contribution in [3.05, 3.63) is 40.4 Å². The first-order valence-electron chi connectivity index (χ1n) is 9.96. The van der Waals surface area contributed by atoms with Gasteiger partial charge in [-0.05, 0) is 44.9 Å². The summed E-state index contributed by atoms with van der Waals surface area (Å²) in [5.41, 5.74) is 0.481. The Morgan fingerprint density at radius 1 is 1.24 bits per heavy atom. The van der Waals surface area contributed by atoms with Crippen LogP contribution in [0, 0.1) is 6.92 Å². The number of aryl methyl sites for hydroxylation is 1. The van der Waals surface area contributed by atoms with E-state index >= 15 is 0 Å². The second-order valence-electron chi connectivity index (χ2n) is 7.45. The number of rotatable bonds is 6. The molecule has 1 amide bonds. The summed E-state index contributed by atoms with van der Waals surface area (Å²) in [7, 11) is 0. The second kappa shape index (κ2) is 9.26. The van der Waals surface area contributed by atoms with E-state index in [2.05, 4.69) is 22.1 Å². The topological polar surface area (TPSA) is 45.2 Å². The molecule has 1 aliphatic rings. The SMILES string of the molecule is CCCCN1CCC(NC(=O)c2sc(-c3ccc(C(F)(F)F)cc3)nc2C)CC1. The van der Waals surface area contributed by atoms with Crippen molar-refractivity contribution in [1.29, 1.82) is 0 Å². The van der Waals surface area contributed by atoms with Gasteiger partial charge >= 0.3 is 6.18 Å². The minimum Gasteiger partial charge on any atom is -0.348 e. The van der Waals surface area contributed by atoms with Crippen molar-refractivity contribution >= 4 is 17.2 Å². The number of nitrogens with zero attached hydrogens (tertiary/aromatic N) is 2. The van der Waals surface area contributed by atoms with E-state index in [-0.39, 0.29) is 11.9 Å². The number of hydrogen-bond donors (Lipinski definition) is 1. The maximum Gasteiger partial charge on any atom is 0.416 e. The van der Waals surface area contributed by atoms with Crippen molar-refractivity contribution in [2.75, 3.05) is 19.6 Å². The molecule has 158 valence electrons. The van der Waals surface area contributed by atoms with Gasteiger partial charge in [0.05, 0.1) is 11.3 Å². The number of thiazole rings is 1. The first kappa shape index (κ1) is 21.8. The van der Waals surface area contributed by atoms with Crippen LogP contribution in [0.2, 0.25) is 0 Å². The van der Waals surface area contributed by atoms with Gasteiger partial charge in [0.25, 0.3) is 5.91 Å². The summed E-state index contributed by atoms with van der Waals surface area (Å²) >= 11 is 1.22. The van der Waals surface area contributed by atoms with E-state index in [1.165, 1.54) is 36.3 Å². The molecule has 4 nitrogen and oxygen atoms in total. The third kappa shape index (κ3) is 5.57. The number of amides is 1. The van der Waals surface area contributed by atoms with Gasteiger partial charge in [0.15, 0.2) is 0 Å². The monoisotopic (exact) mass is 425 g/mol. The fourth-order valence-corrected chi connectivity index (χ4v) is 4.44. The van der Waals surface area contributed by atoms with E-state index in [4.69, 9.17) is 0 Å². The van der Waals surface area contributed by atoms with Crippen molar-refractivity contribution < 1.29 is 18.0 Å². The first-order valence-corrected chi connectivity index (χ1v) is 10.8. The van der Waals surface area contributed by atoms with Crippen LogP contribution in [0.3, 0.4) is 0 Å². The van der Waals surface area contributed by atoms with Crippen LogP contribution >= 0.6 is 11.3 Å². The van der Waals surface area contributed by atoms with Gasteiger partial charge in [-0.25, -0.2) is 4.98 Å². The number of benzene rings is 1. The molecule has 0 unspecified atom stereocenters. The number of aromatic nitrogens is 1. The molecule has 1 saturated heterocycles. The number of alkyl halides is 3. The zero-order chi connectivity index (χ0) is 21.0. The van der Waals surface area contributed by atoms with E-state index < -0.39 is 11.7 Å². The predicted molar refractivity (Wildman–Crippen MR) is 109 cm³/mol. The molecule has 29 heavy (non-hydrogen) atoms. The minimum absolute atomic E-state index is 0.148. The van der Waals surface area contributed by atoms with Crippen LogP contribution in [0.4, 0.5) is 13.2 Å². The molecule has 0 aliphatic carbocycles. The molecular weight excluding hydrogens is 399 g/mol. The van der Waals surface area contributed by atoms with Crippen LogP contribution in [0.15, 0.2) is 24.3 Å². The lowest BCUT2D eigenvalue weighted by Crippen LogP contribution is -2.44. The minimum atomic E-state index is -4.37. The Morgan fingerprint density at radius 2 is 1.90 bits per heavy atom. The van der Waals surface area contributed by atoms with E-state index in [9.17, 15) is 18.0 Å². The molecule has 8 heteroatoms. The number of likely N-dealkylation sites (tertiary alicyclic amines) is 1. The number of hydrogen-bond acceptors (Lipinski definition) is 4. The fraction of sp³-hybridized carbons (Fsp3) is 0.524. The van der Waals surface area contributed by atoms with Crippen LogP contribution in [-0.2, 0) is 6.18 Å². The van der Waals surface area contributed by atoms with Crippen molar-refractivity contribution in [2.45, 2.75) is 51.7 Å². The molecule has 2 aromatic rings. The number of nitrogens with one attached hydrogen (secondary N) is 1. The molecule has 1 aromatic heterocycles. The molecule has 0 spiro atoms. The lowest BCUT2D eigenvalue weighted by molar-refractivity contribution is -0.137. The lowest BCUT2D eigenvalue weighted by Gasteiger charge is -2.32. The number of carbonyl (C=O) groups excluding carboxylic acids is 1. The van der Waals surface area contributed by atoms with Crippen molar-refractivity contribution in [3.8, 4) is 10.6 Å². The molecule has 1 fully saturated rings. The van der Waals surface area contributed by atoms with Gasteiger partial charge in [-0.1, -0.05) is 25.5 Å². The standard InChI is InChI=1S/C21H26F3N3OS/c1-3-4-11-27-12-9-17(10-13-27)26-19(28)18-14(2)25-20(29-18)15-5-7-16(8-6-15)21(22,23)24/h5-8,17H,3-4,9-13H2,1-2H3,(H,26,28). The smallest absolute Gasteiger partial charge is 0.348 e. The van der Waals surface area contributed by atoms with Gasteiger partial charge in [-0.3, -0.25) is 4.79 Å². The summed E-state index contributed by atoms with van der Waals surface area (Å²) in [6.45, 7) is 7.03. The molecule has 1 N–H and O–H groups in total. The largest absolute Gasteiger partial charge is 0.416 e. The van der Waals surface area contributed by atoms with Crippen molar-refractivity contribution in [3.63, 3.8) is 0 Å². The first-order chi connectivity index (χ1) is 13.8. The van der Waals surface area contributed by atoms with Gasteiger partial charge in [0.2, 0.25) is 0 Å².